The van der Waals surface area contributed by atoms with Gasteiger partial charge in [0, 0.05) is 26.3 Å². The molecule has 1 saturated heterocycles. The van der Waals surface area contributed by atoms with Gasteiger partial charge in [0.1, 0.15) is 12.4 Å². The number of hydrogen-bond donors (Lipinski definition) is 2. The van der Waals surface area contributed by atoms with Crippen molar-refractivity contribution in [2.24, 2.45) is 12.8 Å². The molecule has 0 aliphatic carbocycles. The zero-order valence-corrected chi connectivity index (χ0v) is 19.4. The molecule has 1 aliphatic rings. The van der Waals surface area contributed by atoms with E-state index in [0.717, 1.165) is 5.75 Å². The van der Waals surface area contributed by atoms with Crippen LogP contribution in [-0.2, 0) is 11.8 Å². The molecular formula is C23H27N9O3. The van der Waals surface area contributed by atoms with Crippen LogP contribution in [0.3, 0.4) is 0 Å². The average Bonchev–Trinajstić information content (AvgIpc) is 3.51. The maximum Gasteiger partial charge on any atom is 0.273 e. The van der Waals surface area contributed by atoms with Gasteiger partial charge in [0.05, 0.1) is 24.5 Å². The summed E-state index contributed by atoms with van der Waals surface area (Å²) in [5, 5.41) is 15.4. The molecule has 35 heavy (non-hydrogen) atoms. The predicted octanol–water partition coefficient (Wildman–Crippen LogP) is 1.12. The number of ether oxygens (including phenoxy) is 1. The number of nitrogens with zero attached hydrogens (tertiary/aromatic N) is 7. The van der Waals surface area contributed by atoms with Crippen LogP contribution in [0.15, 0.2) is 55.4 Å². The van der Waals surface area contributed by atoms with Crippen molar-refractivity contribution in [3.8, 4) is 5.75 Å². The van der Waals surface area contributed by atoms with E-state index in [0.29, 0.717) is 38.3 Å². The number of amides is 2. The molecule has 3 N–H and O–H groups in total. The first-order valence-electron chi connectivity index (χ1n) is 11.1. The summed E-state index contributed by atoms with van der Waals surface area (Å²) in [7, 11) is 1.77. The van der Waals surface area contributed by atoms with Crippen LogP contribution >= 0.6 is 0 Å². The standard InChI is InChI=1S/C23H27N9O3/c1-3-19(33)31-10-9-17(15-31)32(11-12-35-18-7-5-4-6-8-18)23-27-22(20(21(24)34)28-29-23)26-16-13-25-30(2)14-16/h3-8,13-14,17H,1,9-12,15H2,2H3,(H2,24,34)(H,26,27,29). The molecule has 1 aromatic carbocycles. The molecule has 12 heteroatoms. The van der Waals surface area contributed by atoms with Gasteiger partial charge in [-0.15, -0.1) is 10.2 Å². The van der Waals surface area contributed by atoms with Gasteiger partial charge in [-0.1, -0.05) is 24.8 Å². The highest BCUT2D eigenvalue weighted by atomic mass is 16.5. The van der Waals surface area contributed by atoms with Crippen molar-refractivity contribution in [3.05, 3.63) is 61.1 Å². The first-order valence-corrected chi connectivity index (χ1v) is 11.1. The number of carbonyl (C=O) groups excluding carboxylic acids is 2. The van der Waals surface area contributed by atoms with Crippen molar-refractivity contribution in [1.29, 1.82) is 0 Å². The second-order valence-corrected chi connectivity index (χ2v) is 7.99. The normalized spacial score (nSPS) is 15.0. The van der Waals surface area contributed by atoms with E-state index in [-0.39, 0.29) is 29.4 Å². The van der Waals surface area contributed by atoms with E-state index in [1.54, 1.807) is 29.0 Å². The van der Waals surface area contributed by atoms with Gasteiger partial charge in [-0.05, 0) is 24.6 Å². The maximum absolute atomic E-state index is 12.1. The molecule has 12 nitrogen and oxygen atoms in total. The number of primary amides is 1. The second-order valence-electron chi connectivity index (χ2n) is 7.99. The smallest absolute Gasteiger partial charge is 0.273 e. The second kappa shape index (κ2) is 10.6. The molecule has 2 aromatic heterocycles. The molecule has 0 bridgehead atoms. The third kappa shape index (κ3) is 5.72. The minimum absolute atomic E-state index is 0.0780. The van der Waals surface area contributed by atoms with Crippen LogP contribution in [0, 0.1) is 0 Å². The number of nitrogens with two attached hydrogens (primary N) is 1. The number of likely N-dealkylation sites (tertiary alicyclic amines) is 1. The van der Waals surface area contributed by atoms with Crippen molar-refractivity contribution in [2.45, 2.75) is 12.5 Å². The molecule has 4 rings (SSSR count). The number of hydrogen-bond acceptors (Lipinski definition) is 9. The van der Waals surface area contributed by atoms with Crippen molar-refractivity contribution < 1.29 is 14.3 Å². The summed E-state index contributed by atoms with van der Waals surface area (Å²) in [6.45, 7) is 5.41. The molecule has 182 valence electrons. The highest BCUT2D eigenvalue weighted by Crippen LogP contribution is 2.24. The average molecular weight is 478 g/mol. The molecule has 3 aromatic rings. The number of rotatable bonds is 10. The number of nitrogens with one attached hydrogen (secondary N) is 1. The number of para-hydroxylation sites is 1. The summed E-state index contributed by atoms with van der Waals surface area (Å²) in [5.41, 5.74) is 6.03. The number of carbonyl (C=O) groups is 2. The molecule has 1 aliphatic heterocycles. The third-order valence-corrected chi connectivity index (χ3v) is 5.57. The van der Waals surface area contributed by atoms with Crippen molar-refractivity contribution in [3.63, 3.8) is 0 Å². The van der Waals surface area contributed by atoms with E-state index in [4.69, 9.17) is 10.5 Å². The van der Waals surface area contributed by atoms with Crippen molar-refractivity contribution in [1.82, 2.24) is 29.9 Å². The largest absolute Gasteiger partial charge is 0.492 e. The number of anilines is 3. The first-order chi connectivity index (χ1) is 16.9. The Balaban J connectivity index is 1.60. The van der Waals surface area contributed by atoms with Crippen LogP contribution in [0.1, 0.15) is 16.9 Å². The molecule has 2 amide bonds. The molecule has 1 fully saturated rings. The SMILES string of the molecule is C=CC(=O)N1CCC(N(CCOc2ccccc2)c2nnc(C(N)=O)c(Nc3cnn(C)c3)n2)C1. The molecule has 1 atom stereocenters. The Hall–Kier alpha value is -4.48. The highest BCUT2D eigenvalue weighted by Gasteiger charge is 2.32. The third-order valence-electron chi connectivity index (χ3n) is 5.57. The molecule has 0 saturated carbocycles. The lowest BCUT2D eigenvalue weighted by atomic mass is 10.2. The van der Waals surface area contributed by atoms with Gasteiger partial charge < -0.3 is 25.6 Å². The lowest BCUT2D eigenvalue weighted by Crippen LogP contribution is -2.42. The Labute approximate surface area is 202 Å². The van der Waals surface area contributed by atoms with Crippen LogP contribution in [0.5, 0.6) is 5.75 Å². The van der Waals surface area contributed by atoms with E-state index in [1.165, 1.54) is 6.08 Å². The quantitative estimate of drug-likeness (QED) is 0.410. The Kier molecular flexibility index (Phi) is 7.19. The molecular weight excluding hydrogens is 450 g/mol. The number of benzene rings is 1. The van der Waals surface area contributed by atoms with Crippen LogP contribution in [0.4, 0.5) is 17.5 Å². The van der Waals surface area contributed by atoms with E-state index >= 15 is 0 Å². The van der Waals surface area contributed by atoms with Gasteiger partial charge in [0.25, 0.3) is 5.91 Å². The van der Waals surface area contributed by atoms with Crippen LogP contribution < -0.4 is 20.7 Å². The monoisotopic (exact) mass is 477 g/mol. The van der Waals surface area contributed by atoms with Crippen molar-refractivity contribution in [2.75, 3.05) is 36.5 Å². The summed E-state index contributed by atoms with van der Waals surface area (Å²) < 4.78 is 7.50. The lowest BCUT2D eigenvalue weighted by molar-refractivity contribution is -0.125. The Bertz CT molecular complexity index is 1200. The highest BCUT2D eigenvalue weighted by molar-refractivity contribution is 5.96. The minimum atomic E-state index is -0.759. The van der Waals surface area contributed by atoms with Gasteiger partial charge in [0.2, 0.25) is 11.9 Å². The fourth-order valence-corrected chi connectivity index (χ4v) is 3.86. The van der Waals surface area contributed by atoms with Gasteiger partial charge in [-0.3, -0.25) is 14.3 Å². The minimum Gasteiger partial charge on any atom is -0.492 e. The fraction of sp³-hybridized carbons (Fsp3) is 0.304. The summed E-state index contributed by atoms with van der Waals surface area (Å²) in [6, 6.07) is 9.38. The van der Waals surface area contributed by atoms with Gasteiger partial charge in [0.15, 0.2) is 11.5 Å². The van der Waals surface area contributed by atoms with Gasteiger partial charge in [-0.25, -0.2) is 0 Å². The summed E-state index contributed by atoms with van der Waals surface area (Å²) in [5.74, 6) is 0.308. The number of aromatic nitrogens is 5. The van der Waals surface area contributed by atoms with E-state index in [2.05, 4.69) is 32.2 Å². The zero-order valence-electron chi connectivity index (χ0n) is 19.4. The predicted molar refractivity (Wildman–Crippen MR) is 129 cm³/mol. The topological polar surface area (TPSA) is 144 Å². The fourth-order valence-electron chi connectivity index (χ4n) is 3.86. The van der Waals surface area contributed by atoms with Crippen LogP contribution in [0.2, 0.25) is 0 Å². The Morgan fingerprint density at radius 1 is 1.31 bits per heavy atom. The Morgan fingerprint density at radius 2 is 2.11 bits per heavy atom. The van der Waals surface area contributed by atoms with E-state index < -0.39 is 5.91 Å². The zero-order chi connectivity index (χ0) is 24.8. The molecule has 0 spiro atoms. The Morgan fingerprint density at radius 3 is 2.80 bits per heavy atom. The van der Waals surface area contributed by atoms with Crippen molar-refractivity contribution >= 4 is 29.3 Å². The van der Waals surface area contributed by atoms with Gasteiger partial charge in [-0.2, -0.15) is 10.1 Å². The van der Waals surface area contributed by atoms with E-state index in [1.807, 2.05) is 35.2 Å². The van der Waals surface area contributed by atoms with Crippen LogP contribution in [0.25, 0.3) is 0 Å². The molecule has 3 heterocycles. The summed E-state index contributed by atoms with van der Waals surface area (Å²) in [6.07, 6.45) is 5.33. The number of aryl methyl sites for hydroxylation is 1. The first kappa shape index (κ1) is 23.7. The molecule has 0 radical (unpaired) electrons. The van der Waals surface area contributed by atoms with Gasteiger partial charge >= 0.3 is 0 Å². The van der Waals surface area contributed by atoms with E-state index in [9.17, 15) is 9.59 Å². The summed E-state index contributed by atoms with van der Waals surface area (Å²) in [4.78, 5) is 32.4. The lowest BCUT2D eigenvalue weighted by Gasteiger charge is -2.29. The molecule has 1 unspecified atom stereocenters. The summed E-state index contributed by atoms with van der Waals surface area (Å²) >= 11 is 0. The maximum atomic E-state index is 12.1. The van der Waals surface area contributed by atoms with Crippen LogP contribution in [-0.4, -0.2) is 74.0 Å².